The molecule has 0 spiro atoms. The van der Waals surface area contributed by atoms with Crippen LogP contribution in [0.4, 0.5) is 32.2 Å². The summed E-state index contributed by atoms with van der Waals surface area (Å²) < 4.78 is 90.1. The van der Waals surface area contributed by atoms with Gasteiger partial charge in [-0.1, -0.05) is 37.4 Å². The van der Waals surface area contributed by atoms with Gasteiger partial charge in [-0.25, -0.2) is 22.5 Å². The summed E-state index contributed by atoms with van der Waals surface area (Å²) in [5.41, 5.74) is -1.75. The molecule has 1 fully saturated rings. The largest absolute Gasteiger partial charge is 0.378 e. The monoisotopic (exact) mass is 811 g/mol. The molecule has 0 saturated heterocycles. The zero-order valence-electron chi connectivity index (χ0n) is 31.2. The second-order valence-electron chi connectivity index (χ2n) is 15.2. The van der Waals surface area contributed by atoms with Gasteiger partial charge in [0.2, 0.25) is 11.8 Å². The number of aromatic nitrogens is 5. The van der Waals surface area contributed by atoms with Crippen molar-refractivity contribution in [2.45, 2.75) is 77.0 Å². The van der Waals surface area contributed by atoms with E-state index in [0.29, 0.717) is 32.8 Å². The van der Waals surface area contributed by atoms with E-state index in [1.165, 1.54) is 18.5 Å². The zero-order chi connectivity index (χ0) is 41.3. The van der Waals surface area contributed by atoms with E-state index >= 15 is 8.78 Å². The molecule has 2 aromatic carbocycles. The summed E-state index contributed by atoms with van der Waals surface area (Å²) in [4.78, 5) is 31.4. The van der Waals surface area contributed by atoms with E-state index in [-0.39, 0.29) is 52.1 Å². The van der Waals surface area contributed by atoms with Crippen LogP contribution < -0.4 is 10.6 Å². The number of carbonyl (C=O) groups is 2. The maximum absolute atomic E-state index is 15.4. The van der Waals surface area contributed by atoms with Crippen LogP contribution in [0, 0.1) is 35.3 Å². The topological polar surface area (TPSA) is 127 Å². The fraction of sp³-hybridized carbons (Fsp3) is 0.375. The number of hydrogen-bond acceptors (Lipinski definition) is 6. The molecule has 7 rings (SSSR count). The summed E-state index contributed by atoms with van der Waals surface area (Å²) in [6.45, 7) is 5.43. The van der Waals surface area contributed by atoms with E-state index < -0.39 is 77.2 Å². The lowest BCUT2D eigenvalue weighted by atomic mass is 9.93. The third kappa shape index (κ3) is 7.70. The quantitative estimate of drug-likeness (QED) is 0.0980. The molecule has 0 bridgehead atoms. The van der Waals surface area contributed by atoms with E-state index in [1.54, 1.807) is 45.2 Å². The molecule has 2 aliphatic carbocycles. The number of rotatable bonds is 10. The molecule has 10 nitrogen and oxygen atoms in total. The summed E-state index contributed by atoms with van der Waals surface area (Å²) >= 11 is 6.69. The van der Waals surface area contributed by atoms with Crippen molar-refractivity contribution in [1.82, 2.24) is 29.9 Å². The molecular weight excluding hydrogens is 776 g/mol. The van der Waals surface area contributed by atoms with Gasteiger partial charge in [-0.3, -0.25) is 19.0 Å². The average Bonchev–Trinajstić information content (AvgIpc) is 3.65. The number of hydrogen-bond donors (Lipinski definition) is 3. The Morgan fingerprint density at radius 1 is 1.05 bits per heavy atom. The van der Waals surface area contributed by atoms with Crippen LogP contribution >= 0.6 is 11.6 Å². The SMILES string of the molecule is CC(C)C(=O)Nc1nn(C)c2c(-c3ccc(C#CC(C)(C)O)nc3[C@H](Cc3cc(F)cc(F)c3)NC(=O)Cn3nc(C(F)F)c4c3C(F)(F)[C@@H]3C[C@H]43)ccc(Cl)c12. The number of halogens is 7. The van der Waals surface area contributed by atoms with E-state index in [4.69, 9.17) is 16.6 Å². The molecule has 0 unspecified atom stereocenters. The highest BCUT2D eigenvalue weighted by Gasteiger charge is 2.67. The Balaban J connectivity index is 1.38. The molecule has 0 aliphatic heterocycles. The van der Waals surface area contributed by atoms with Crippen molar-refractivity contribution in [3.63, 3.8) is 0 Å². The van der Waals surface area contributed by atoms with Gasteiger partial charge in [-0.05, 0) is 74.4 Å². The first-order valence-electron chi connectivity index (χ1n) is 18.0. The minimum Gasteiger partial charge on any atom is -0.378 e. The van der Waals surface area contributed by atoms with Crippen molar-refractivity contribution >= 4 is 40.1 Å². The van der Waals surface area contributed by atoms with Gasteiger partial charge < -0.3 is 15.7 Å². The lowest BCUT2D eigenvalue weighted by Gasteiger charge is -2.23. The molecule has 3 atom stereocenters. The number of alkyl halides is 4. The smallest absolute Gasteiger partial charge is 0.293 e. The first-order chi connectivity index (χ1) is 26.7. The molecule has 0 radical (unpaired) electrons. The van der Waals surface area contributed by atoms with Gasteiger partial charge in [-0.2, -0.15) is 19.0 Å². The zero-order valence-corrected chi connectivity index (χ0v) is 32.0. The second-order valence-corrected chi connectivity index (χ2v) is 15.6. The number of fused-ring (bicyclic) bond motifs is 4. The number of carbonyl (C=O) groups excluding carboxylic acids is 2. The maximum atomic E-state index is 15.4. The predicted molar refractivity (Wildman–Crippen MR) is 198 cm³/mol. The average molecular weight is 812 g/mol. The number of aliphatic hydroxyl groups is 1. The number of nitrogens with zero attached hydrogens (tertiary/aromatic N) is 5. The fourth-order valence-corrected chi connectivity index (χ4v) is 7.57. The molecule has 3 N–H and O–H groups in total. The Labute approximate surface area is 327 Å². The predicted octanol–water partition coefficient (Wildman–Crippen LogP) is 7.73. The number of amides is 2. The number of benzene rings is 2. The molecule has 2 aliphatic rings. The van der Waals surface area contributed by atoms with Gasteiger partial charge in [0.25, 0.3) is 12.3 Å². The molecule has 3 heterocycles. The van der Waals surface area contributed by atoms with Crippen LogP contribution in [0.1, 0.15) is 86.4 Å². The molecule has 17 heteroatoms. The van der Waals surface area contributed by atoms with E-state index in [2.05, 4.69) is 32.7 Å². The lowest BCUT2D eigenvalue weighted by molar-refractivity contribution is -0.123. The number of anilines is 1. The molecular formula is C40H36ClF6N7O3. The summed E-state index contributed by atoms with van der Waals surface area (Å²) in [5, 5.41) is 24.7. The van der Waals surface area contributed by atoms with Crippen molar-refractivity contribution < 1.29 is 41.0 Å². The maximum Gasteiger partial charge on any atom is 0.293 e. The Bertz CT molecular complexity index is 2500. The molecule has 1 saturated carbocycles. The van der Waals surface area contributed by atoms with Crippen molar-refractivity contribution in [2.75, 3.05) is 5.32 Å². The van der Waals surface area contributed by atoms with Crippen LogP contribution in [-0.4, -0.2) is 47.1 Å². The lowest BCUT2D eigenvalue weighted by Crippen LogP contribution is -2.35. The van der Waals surface area contributed by atoms with Crippen molar-refractivity contribution in [3.05, 3.63) is 93.0 Å². The van der Waals surface area contributed by atoms with E-state index in [9.17, 15) is 32.3 Å². The van der Waals surface area contributed by atoms with Crippen LogP contribution in [0.25, 0.3) is 22.0 Å². The molecule has 2 amide bonds. The summed E-state index contributed by atoms with van der Waals surface area (Å²) in [5.74, 6) is -3.28. The first-order valence-corrected chi connectivity index (χ1v) is 18.4. The van der Waals surface area contributed by atoms with Crippen LogP contribution in [0.15, 0.2) is 42.5 Å². The second kappa shape index (κ2) is 14.5. The van der Waals surface area contributed by atoms with Crippen molar-refractivity contribution in [2.24, 2.45) is 18.9 Å². The third-order valence-corrected chi connectivity index (χ3v) is 10.2. The first kappa shape index (κ1) is 39.8. The van der Waals surface area contributed by atoms with Gasteiger partial charge in [0.15, 0.2) is 5.82 Å². The molecule has 3 aromatic heterocycles. The Kier molecular flexibility index (Phi) is 10.1. The standard InChI is InChI=1S/C40H36ClF6N7O3/c1-18(2)38(56)50-37-31-27(41)9-8-24(34(31)53(5)52-37)23-7-6-22(10-11-39(3,4)57)48-32(23)28(14-19-12-20(42)15-21(43)13-19)49-29(55)17-54-35-30(33(51-54)36(44)45)25-16-26(25)40(35,46)47/h6-9,12-13,15,18,25-26,28,36,57H,14,16-17H2,1-5H3,(H,49,55)(H,50,52,56)/t25-,26+,28-/m0/s1. The van der Waals surface area contributed by atoms with Gasteiger partial charge in [-0.15, -0.1) is 0 Å². The highest BCUT2D eigenvalue weighted by molar-refractivity contribution is 6.37. The minimum atomic E-state index is -3.49. The molecule has 5 aromatic rings. The number of aryl methyl sites for hydroxylation is 1. The Morgan fingerprint density at radius 3 is 2.39 bits per heavy atom. The highest BCUT2D eigenvalue weighted by atomic mass is 35.5. The summed E-state index contributed by atoms with van der Waals surface area (Å²) in [6.07, 6.45) is -3.43. The molecule has 57 heavy (non-hydrogen) atoms. The number of pyridine rings is 1. The van der Waals surface area contributed by atoms with Crippen molar-refractivity contribution in [3.8, 4) is 23.0 Å². The van der Waals surface area contributed by atoms with E-state index in [0.717, 1.165) is 12.1 Å². The minimum absolute atomic E-state index is 0.0330. The van der Waals surface area contributed by atoms with Gasteiger partial charge in [0.05, 0.1) is 27.7 Å². The number of nitrogens with one attached hydrogen (secondary N) is 2. The van der Waals surface area contributed by atoms with Gasteiger partial charge in [0, 0.05) is 41.6 Å². The van der Waals surface area contributed by atoms with Gasteiger partial charge >= 0.3 is 0 Å². The fourth-order valence-electron chi connectivity index (χ4n) is 7.33. The Hall–Kier alpha value is -5.40. The van der Waals surface area contributed by atoms with Gasteiger partial charge in [0.1, 0.15) is 40.9 Å². The highest BCUT2D eigenvalue weighted by Crippen LogP contribution is 2.68. The molecule has 298 valence electrons. The van der Waals surface area contributed by atoms with Crippen LogP contribution in [0.5, 0.6) is 0 Å². The summed E-state index contributed by atoms with van der Waals surface area (Å²) in [7, 11) is 1.62. The van der Waals surface area contributed by atoms with E-state index in [1.807, 2.05) is 0 Å². The van der Waals surface area contributed by atoms with Crippen LogP contribution in [-0.2, 0) is 35.5 Å². The van der Waals surface area contributed by atoms with Crippen LogP contribution in [0.3, 0.4) is 0 Å². The summed E-state index contributed by atoms with van der Waals surface area (Å²) in [6, 6.07) is 7.87. The normalized spacial score (nSPS) is 17.3. The van der Waals surface area contributed by atoms with Crippen molar-refractivity contribution in [1.29, 1.82) is 0 Å². The Morgan fingerprint density at radius 2 is 1.74 bits per heavy atom. The van der Waals surface area contributed by atoms with Crippen LogP contribution in [0.2, 0.25) is 5.02 Å². The third-order valence-electron chi connectivity index (χ3n) is 9.90.